The topological polar surface area (TPSA) is 68.5 Å². The number of halogens is 1. The molecule has 31 heavy (non-hydrogen) atoms. The molecule has 0 saturated heterocycles. The van der Waals surface area contributed by atoms with Gasteiger partial charge < -0.3 is 14.5 Å². The average Bonchev–Trinajstić information content (AvgIpc) is 2.74. The molecule has 3 aromatic rings. The van der Waals surface area contributed by atoms with Crippen molar-refractivity contribution >= 4 is 28.5 Å². The third-order valence-electron chi connectivity index (χ3n) is 5.71. The molecule has 1 aromatic heterocycles. The molecule has 1 aliphatic rings. The highest BCUT2D eigenvalue weighted by Gasteiger charge is 2.16. The Morgan fingerprint density at radius 3 is 2.48 bits per heavy atom. The van der Waals surface area contributed by atoms with Crippen LogP contribution in [-0.2, 0) is 4.79 Å². The molecule has 162 valence electrons. The van der Waals surface area contributed by atoms with E-state index in [1.54, 1.807) is 12.1 Å². The summed E-state index contributed by atoms with van der Waals surface area (Å²) in [5.74, 6) is 0.150. The van der Waals surface area contributed by atoms with Gasteiger partial charge in [0.05, 0.1) is 5.02 Å². The van der Waals surface area contributed by atoms with E-state index in [0.29, 0.717) is 21.7 Å². The van der Waals surface area contributed by atoms with Gasteiger partial charge in [0.25, 0.3) is 5.91 Å². The highest BCUT2D eigenvalue weighted by Crippen LogP contribution is 2.34. The van der Waals surface area contributed by atoms with Crippen molar-refractivity contribution in [2.24, 2.45) is 0 Å². The number of rotatable bonds is 5. The Morgan fingerprint density at radius 1 is 1.03 bits per heavy atom. The molecular formula is C25H26ClNO4. The van der Waals surface area contributed by atoms with E-state index in [-0.39, 0.29) is 18.6 Å². The molecule has 0 aliphatic heterocycles. The van der Waals surface area contributed by atoms with E-state index in [0.717, 1.165) is 36.8 Å². The highest BCUT2D eigenvalue weighted by molar-refractivity contribution is 6.33. The van der Waals surface area contributed by atoms with Crippen LogP contribution in [0.4, 0.5) is 0 Å². The normalized spacial score (nSPS) is 15.3. The fourth-order valence-electron chi connectivity index (χ4n) is 4.14. The summed E-state index contributed by atoms with van der Waals surface area (Å²) in [7, 11) is 0. The lowest BCUT2D eigenvalue weighted by Gasteiger charge is -2.21. The Morgan fingerprint density at radius 2 is 1.74 bits per heavy atom. The minimum Gasteiger partial charge on any atom is -0.482 e. The number of carbonyl (C=O) groups is 1. The van der Waals surface area contributed by atoms with Crippen molar-refractivity contribution in [3.05, 3.63) is 64.0 Å². The van der Waals surface area contributed by atoms with Crippen molar-refractivity contribution in [3.63, 3.8) is 0 Å². The van der Waals surface area contributed by atoms with Crippen molar-refractivity contribution in [3.8, 4) is 16.9 Å². The highest BCUT2D eigenvalue weighted by atomic mass is 35.5. The van der Waals surface area contributed by atoms with Crippen LogP contribution in [0.25, 0.3) is 22.1 Å². The van der Waals surface area contributed by atoms with Crippen LogP contribution in [0.2, 0.25) is 5.02 Å². The molecule has 5 nitrogen and oxygen atoms in total. The number of fused-ring (bicyclic) bond motifs is 1. The van der Waals surface area contributed by atoms with Crippen LogP contribution in [0.3, 0.4) is 0 Å². The fourth-order valence-corrected chi connectivity index (χ4v) is 4.36. The van der Waals surface area contributed by atoms with Crippen molar-refractivity contribution in [1.29, 1.82) is 0 Å². The van der Waals surface area contributed by atoms with Gasteiger partial charge in [-0.15, -0.1) is 0 Å². The van der Waals surface area contributed by atoms with Gasteiger partial charge >= 0.3 is 5.63 Å². The molecule has 0 bridgehead atoms. The number of hydrogen-bond donors (Lipinski definition) is 1. The number of ether oxygens (including phenoxy) is 1. The summed E-state index contributed by atoms with van der Waals surface area (Å²) in [5, 5.41) is 4.14. The summed E-state index contributed by atoms with van der Waals surface area (Å²) in [6.07, 6.45) is 8.05. The maximum absolute atomic E-state index is 12.4. The molecule has 1 heterocycles. The molecule has 0 unspecified atom stereocenters. The molecule has 1 amide bonds. The summed E-state index contributed by atoms with van der Waals surface area (Å²) < 4.78 is 11.1. The molecule has 1 N–H and O–H groups in total. The third kappa shape index (κ3) is 5.47. The predicted molar refractivity (Wildman–Crippen MR) is 123 cm³/mol. The first-order chi connectivity index (χ1) is 15.1. The zero-order chi connectivity index (χ0) is 21.6. The lowest BCUT2D eigenvalue weighted by atomic mass is 9.97. The summed E-state index contributed by atoms with van der Waals surface area (Å²) in [4.78, 5) is 24.5. The molecule has 0 radical (unpaired) electrons. The van der Waals surface area contributed by atoms with Crippen molar-refractivity contribution < 1.29 is 13.9 Å². The Kier molecular flexibility index (Phi) is 6.92. The molecule has 1 saturated carbocycles. The first kappa shape index (κ1) is 21.4. The largest absolute Gasteiger partial charge is 0.482 e. The SMILES string of the molecule is O=C(COc1cc2oc(=O)cc(-c3ccccc3)c2cc1Cl)NC1CCCCCCC1. The number of nitrogens with one attached hydrogen (secondary N) is 1. The predicted octanol–water partition coefficient (Wildman–Crippen LogP) is 5.72. The number of benzene rings is 2. The first-order valence-corrected chi connectivity index (χ1v) is 11.2. The van der Waals surface area contributed by atoms with Gasteiger partial charge in [-0.1, -0.05) is 74.0 Å². The minimum atomic E-state index is -0.457. The van der Waals surface area contributed by atoms with E-state index < -0.39 is 5.63 Å². The van der Waals surface area contributed by atoms with Crippen LogP contribution in [-0.4, -0.2) is 18.6 Å². The van der Waals surface area contributed by atoms with Crippen LogP contribution in [0.5, 0.6) is 5.75 Å². The Labute approximate surface area is 186 Å². The third-order valence-corrected chi connectivity index (χ3v) is 6.01. The summed E-state index contributed by atoms with van der Waals surface area (Å²) >= 11 is 6.44. The Balaban J connectivity index is 1.50. The number of carbonyl (C=O) groups excluding carboxylic acids is 1. The van der Waals surface area contributed by atoms with E-state index in [4.69, 9.17) is 20.8 Å². The molecule has 2 aromatic carbocycles. The van der Waals surface area contributed by atoms with Gasteiger partial charge in [-0.2, -0.15) is 0 Å². The quantitative estimate of drug-likeness (QED) is 0.516. The maximum Gasteiger partial charge on any atom is 0.336 e. The lowest BCUT2D eigenvalue weighted by molar-refractivity contribution is -0.123. The second-order valence-corrected chi connectivity index (χ2v) is 8.43. The molecule has 0 atom stereocenters. The van der Waals surface area contributed by atoms with Gasteiger partial charge in [0.2, 0.25) is 0 Å². The monoisotopic (exact) mass is 439 g/mol. The second kappa shape index (κ2) is 10.0. The molecule has 1 fully saturated rings. The van der Waals surface area contributed by atoms with E-state index in [1.807, 2.05) is 30.3 Å². The average molecular weight is 440 g/mol. The van der Waals surface area contributed by atoms with E-state index in [1.165, 1.54) is 25.3 Å². The first-order valence-electron chi connectivity index (χ1n) is 10.8. The number of amides is 1. The van der Waals surface area contributed by atoms with Crippen LogP contribution < -0.4 is 15.7 Å². The molecule has 0 spiro atoms. The van der Waals surface area contributed by atoms with Gasteiger partial charge in [0.1, 0.15) is 11.3 Å². The van der Waals surface area contributed by atoms with Gasteiger partial charge in [-0.3, -0.25) is 4.79 Å². The van der Waals surface area contributed by atoms with Crippen LogP contribution in [0, 0.1) is 0 Å². The molecule has 4 rings (SSSR count). The summed E-state index contributed by atoms with van der Waals surface area (Å²) in [5.41, 5.74) is 1.54. The van der Waals surface area contributed by atoms with Crippen LogP contribution in [0.15, 0.2) is 57.7 Å². The lowest BCUT2D eigenvalue weighted by Crippen LogP contribution is -2.38. The Bertz CT molecular complexity index is 1100. The van der Waals surface area contributed by atoms with E-state index in [9.17, 15) is 9.59 Å². The smallest absolute Gasteiger partial charge is 0.336 e. The second-order valence-electron chi connectivity index (χ2n) is 8.02. The van der Waals surface area contributed by atoms with Crippen molar-refractivity contribution in [2.75, 3.05) is 6.61 Å². The van der Waals surface area contributed by atoms with Gasteiger partial charge in [-0.05, 0) is 30.0 Å². The number of hydrogen-bond acceptors (Lipinski definition) is 4. The zero-order valence-electron chi connectivity index (χ0n) is 17.4. The molecule has 1 aliphatic carbocycles. The Hall–Kier alpha value is -2.79. The minimum absolute atomic E-state index is 0.135. The fraction of sp³-hybridized carbons (Fsp3) is 0.360. The van der Waals surface area contributed by atoms with Gasteiger partial charge in [0, 0.05) is 23.6 Å². The summed E-state index contributed by atoms with van der Waals surface area (Å²) in [6.45, 7) is -0.135. The summed E-state index contributed by atoms with van der Waals surface area (Å²) in [6, 6.07) is 14.5. The zero-order valence-corrected chi connectivity index (χ0v) is 18.1. The van der Waals surface area contributed by atoms with E-state index in [2.05, 4.69) is 5.32 Å². The van der Waals surface area contributed by atoms with Gasteiger partial charge in [0.15, 0.2) is 6.61 Å². The molecule has 6 heteroatoms. The van der Waals surface area contributed by atoms with E-state index >= 15 is 0 Å². The maximum atomic E-state index is 12.4. The standard InChI is InChI=1S/C25H26ClNO4/c26-21-13-20-19(17-9-5-4-6-10-17)14-25(29)31-22(20)15-23(21)30-16-24(28)27-18-11-7-2-1-3-8-12-18/h4-6,9-10,13-15,18H,1-3,7-8,11-12,16H2,(H,27,28). The van der Waals surface area contributed by atoms with Crippen LogP contribution >= 0.6 is 11.6 Å². The van der Waals surface area contributed by atoms with Crippen molar-refractivity contribution in [1.82, 2.24) is 5.32 Å². The van der Waals surface area contributed by atoms with Crippen LogP contribution in [0.1, 0.15) is 44.9 Å². The van der Waals surface area contributed by atoms with Gasteiger partial charge in [-0.25, -0.2) is 4.79 Å². The van der Waals surface area contributed by atoms with Crippen molar-refractivity contribution in [2.45, 2.75) is 51.0 Å². The molecular weight excluding hydrogens is 414 g/mol.